The van der Waals surface area contributed by atoms with E-state index >= 15 is 0 Å². The van der Waals surface area contributed by atoms with Gasteiger partial charge in [0.1, 0.15) is 73.2 Å². The van der Waals surface area contributed by atoms with E-state index in [-0.39, 0.29) is 18.9 Å². The third kappa shape index (κ3) is 40.4. The Kier molecular flexibility index (Phi) is 55.4. The van der Waals surface area contributed by atoms with Gasteiger partial charge in [-0.25, -0.2) is 0 Å². The van der Waals surface area contributed by atoms with E-state index in [9.17, 15) is 61.0 Å². The molecule has 0 aromatic rings. The first-order valence-electron chi connectivity index (χ1n) is 40.4. The first kappa shape index (κ1) is 89.7. The van der Waals surface area contributed by atoms with Crippen LogP contribution in [0.4, 0.5) is 0 Å². The van der Waals surface area contributed by atoms with E-state index in [1.807, 2.05) is 0 Å². The summed E-state index contributed by atoms with van der Waals surface area (Å²) in [4.78, 5) is 13.5. The summed E-state index contributed by atoms with van der Waals surface area (Å²) < 4.78 is 34.5. The van der Waals surface area contributed by atoms with Gasteiger partial charge in [0.05, 0.1) is 38.6 Å². The third-order valence-electron chi connectivity index (χ3n) is 20.6. The van der Waals surface area contributed by atoms with E-state index in [4.69, 9.17) is 28.4 Å². The fraction of sp³-hybridized carbons (Fsp3) is 0.962. The summed E-state index contributed by atoms with van der Waals surface area (Å²) in [5, 5.41) is 121. The number of hydrogen-bond donors (Lipinski definition) is 12. The number of carbonyl (C=O) groups excluding carboxylic acids is 1. The van der Waals surface area contributed by atoms with Crippen LogP contribution in [0.1, 0.15) is 348 Å². The zero-order valence-electron chi connectivity index (χ0n) is 61.3. The maximum Gasteiger partial charge on any atom is 0.220 e. The fourth-order valence-electron chi connectivity index (χ4n) is 14.1. The highest BCUT2D eigenvalue weighted by atomic mass is 16.8. The maximum absolute atomic E-state index is 13.5. The molecule has 3 rings (SSSR count). The molecule has 3 saturated heterocycles. The molecule has 17 atom stereocenters. The van der Waals surface area contributed by atoms with Crippen molar-refractivity contribution in [3.05, 3.63) is 12.2 Å². The lowest BCUT2D eigenvalue weighted by atomic mass is 9.96. The Morgan fingerprint density at radius 3 is 1.00 bits per heavy atom. The van der Waals surface area contributed by atoms with Crippen LogP contribution in [0.2, 0.25) is 0 Å². The fourth-order valence-corrected chi connectivity index (χ4v) is 14.1. The van der Waals surface area contributed by atoms with Crippen LogP contribution < -0.4 is 5.32 Å². The minimum absolute atomic E-state index is 0.236. The van der Waals surface area contributed by atoms with Gasteiger partial charge in [-0.15, -0.1) is 0 Å². The molecule has 12 N–H and O–H groups in total. The van der Waals surface area contributed by atoms with Gasteiger partial charge in [0.25, 0.3) is 0 Å². The number of amides is 1. The Morgan fingerprint density at radius 2 is 0.649 bits per heavy atom. The molecular formula is C78H149NO18. The number of nitrogens with one attached hydrogen (secondary N) is 1. The summed E-state index contributed by atoms with van der Waals surface area (Å²) in [7, 11) is 0. The number of aliphatic hydroxyl groups excluding tert-OH is 11. The highest BCUT2D eigenvalue weighted by Crippen LogP contribution is 2.33. The lowest BCUT2D eigenvalue weighted by molar-refractivity contribution is -0.379. The molecule has 3 aliphatic heterocycles. The molecule has 0 radical (unpaired) electrons. The van der Waals surface area contributed by atoms with Crippen LogP contribution in [0.15, 0.2) is 12.2 Å². The summed E-state index contributed by atoms with van der Waals surface area (Å²) in [5.41, 5.74) is 0. The van der Waals surface area contributed by atoms with Gasteiger partial charge in [-0.1, -0.05) is 315 Å². The molecule has 0 saturated carbocycles. The van der Waals surface area contributed by atoms with Crippen molar-refractivity contribution in [3.63, 3.8) is 0 Å². The number of allylic oxidation sites excluding steroid dienone is 2. The number of unbranched alkanes of at least 4 members (excludes halogenated alkanes) is 47. The summed E-state index contributed by atoms with van der Waals surface area (Å²) in [6, 6.07) is -0.886. The molecule has 574 valence electrons. The zero-order chi connectivity index (χ0) is 70.4. The van der Waals surface area contributed by atoms with Crippen molar-refractivity contribution in [1.29, 1.82) is 0 Å². The molecule has 3 aliphatic rings. The molecule has 3 heterocycles. The predicted molar refractivity (Wildman–Crippen MR) is 383 cm³/mol. The Morgan fingerprint density at radius 1 is 0.361 bits per heavy atom. The van der Waals surface area contributed by atoms with E-state index in [1.165, 1.54) is 270 Å². The topological polar surface area (TPSA) is 307 Å². The van der Waals surface area contributed by atoms with Crippen molar-refractivity contribution in [1.82, 2.24) is 5.32 Å². The maximum atomic E-state index is 13.5. The van der Waals surface area contributed by atoms with E-state index in [1.54, 1.807) is 0 Å². The number of aliphatic hydroxyl groups is 11. The van der Waals surface area contributed by atoms with Gasteiger partial charge in [-0.05, 0) is 38.5 Å². The SMILES string of the molecule is CCCCCCCCCC/C=C\CCCCCCCCCCCCCCCC(=O)NC(COC1OC(CO)C(OC2OC(CO)C(OC3OC(CO)C(O)C(O)C3O)C(O)C2O)C(O)C1O)C(O)CCCCCCCCCCCCCCCCCCCCCCCCCCCCC. The molecule has 0 aromatic carbocycles. The van der Waals surface area contributed by atoms with Crippen molar-refractivity contribution in [2.45, 2.75) is 452 Å². The van der Waals surface area contributed by atoms with Crippen LogP contribution in [0.5, 0.6) is 0 Å². The number of carbonyl (C=O) groups is 1. The second kappa shape index (κ2) is 59.9. The van der Waals surface area contributed by atoms with E-state index in [0.29, 0.717) is 12.8 Å². The Bertz CT molecular complexity index is 1800. The van der Waals surface area contributed by atoms with Crippen molar-refractivity contribution >= 4 is 5.91 Å². The molecule has 19 nitrogen and oxygen atoms in total. The van der Waals surface area contributed by atoms with Crippen LogP contribution >= 0.6 is 0 Å². The lowest BCUT2D eigenvalue weighted by Crippen LogP contribution is -2.66. The van der Waals surface area contributed by atoms with Gasteiger partial charge >= 0.3 is 0 Å². The van der Waals surface area contributed by atoms with Gasteiger partial charge in [0, 0.05) is 6.42 Å². The van der Waals surface area contributed by atoms with Crippen LogP contribution in [-0.4, -0.2) is 193 Å². The molecule has 0 aromatic heterocycles. The molecule has 0 aliphatic carbocycles. The summed E-state index contributed by atoms with van der Waals surface area (Å²) in [6.07, 6.45) is 43.0. The average Bonchev–Trinajstić information content (AvgIpc) is 0.797. The molecule has 0 spiro atoms. The molecule has 0 bridgehead atoms. The largest absolute Gasteiger partial charge is 0.394 e. The van der Waals surface area contributed by atoms with Crippen molar-refractivity contribution in [3.8, 4) is 0 Å². The monoisotopic (exact) mass is 1390 g/mol. The molecular weight excluding hydrogens is 1240 g/mol. The zero-order valence-corrected chi connectivity index (χ0v) is 61.3. The lowest BCUT2D eigenvalue weighted by Gasteiger charge is -2.48. The first-order valence-corrected chi connectivity index (χ1v) is 40.4. The van der Waals surface area contributed by atoms with Gasteiger partial charge < -0.3 is 89.9 Å². The number of hydrogen-bond acceptors (Lipinski definition) is 18. The number of rotatable bonds is 65. The second-order valence-electron chi connectivity index (χ2n) is 29.2. The van der Waals surface area contributed by atoms with E-state index < -0.39 is 124 Å². The third-order valence-corrected chi connectivity index (χ3v) is 20.6. The average molecular weight is 1390 g/mol. The Hall–Kier alpha value is -1.47. The molecule has 1 amide bonds. The first-order chi connectivity index (χ1) is 47.3. The summed E-state index contributed by atoms with van der Waals surface area (Å²) >= 11 is 0. The standard InChI is InChI=1S/C78H149NO18/c1-3-5-7-9-11-13-15-17-19-21-23-25-27-29-30-32-33-35-37-39-41-43-45-47-49-51-53-55-62(83)61(79-66(84)56-54-52-50-48-46-44-42-40-38-36-34-31-28-26-24-22-20-18-16-14-12-10-8-6-4-2)60-92-76-72(90)69(87)74(64(58-81)94-76)97-78-73(91)70(88)75(65(59-82)95-78)96-77-71(89)68(86)67(85)63(57-80)93-77/h22,24,61-65,67-78,80-83,85-91H,3-21,23,25-60H2,1-2H3,(H,79,84)/b24-22-. The quantitative estimate of drug-likeness (QED) is 0.0199. The smallest absolute Gasteiger partial charge is 0.220 e. The summed E-state index contributed by atoms with van der Waals surface area (Å²) in [5.74, 6) is -0.236. The van der Waals surface area contributed by atoms with Crippen LogP contribution in [0, 0.1) is 0 Å². The van der Waals surface area contributed by atoms with Crippen molar-refractivity contribution in [2.75, 3.05) is 26.4 Å². The van der Waals surface area contributed by atoms with E-state index in [0.717, 1.165) is 44.9 Å². The summed E-state index contributed by atoms with van der Waals surface area (Å²) in [6.45, 7) is 1.86. The molecule has 3 fully saturated rings. The van der Waals surface area contributed by atoms with Crippen LogP contribution in [-0.2, 0) is 33.2 Å². The Labute approximate surface area is 588 Å². The Balaban J connectivity index is 1.37. The molecule has 17 unspecified atom stereocenters. The predicted octanol–water partition coefficient (Wildman–Crippen LogP) is 13.2. The van der Waals surface area contributed by atoms with E-state index in [2.05, 4.69) is 31.3 Å². The highest BCUT2D eigenvalue weighted by Gasteiger charge is 2.54. The van der Waals surface area contributed by atoms with Crippen LogP contribution in [0.25, 0.3) is 0 Å². The van der Waals surface area contributed by atoms with Gasteiger partial charge in [-0.2, -0.15) is 0 Å². The highest BCUT2D eigenvalue weighted by molar-refractivity contribution is 5.76. The van der Waals surface area contributed by atoms with Gasteiger partial charge in [0.2, 0.25) is 5.91 Å². The van der Waals surface area contributed by atoms with Gasteiger partial charge in [-0.3, -0.25) is 4.79 Å². The number of ether oxygens (including phenoxy) is 6. The van der Waals surface area contributed by atoms with Crippen molar-refractivity contribution < 1.29 is 89.4 Å². The molecule has 97 heavy (non-hydrogen) atoms. The second-order valence-corrected chi connectivity index (χ2v) is 29.2. The minimum atomic E-state index is -1.97. The van der Waals surface area contributed by atoms with Crippen molar-refractivity contribution in [2.24, 2.45) is 0 Å². The molecule has 19 heteroatoms. The van der Waals surface area contributed by atoms with Crippen LogP contribution in [0.3, 0.4) is 0 Å². The van der Waals surface area contributed by atoms with Gasteiger partial charge in [0.15, 0.2) is 18.9 Å². The minimum Gasteiger partial charge on any atom is -0.394 e. The normalized spacial score (nSPS) is 26.9.